The van der Waals surface area contributed by atoms with E-state index in [-0.39, 0.29) is 0 Å². The molecule has 0 aliphatic rings. The van der Waals surface area contributed by atoms with E-state index in [1.54, 1.807) is 0 Å². The Balaban J connectivity index is 2.63. The molecule has 0 saturated heterocycles. The molecule has 0 fully saturated rings. The van der Waals surface area contributed by atoms with E-state index in [0.29, 0.717) is 0 Å². The Bertz CT molecular complexity index is 573. The predicted octanol–water partition coefficient (Wildman–Crippen LogP) is 4.63. The summed E-state index contributed by atoms with van der Waals surface area (Å²) in [5.41, 5.74) is 6.16. The molecule has 2 rings (SSSR count). The van der Waals surface area contributed by atoms with Crippen molar-refractivity contribution in [2.45, 2.75) is 47.0 Å². The van der Waals surface area contributed by atoms with Gasteiger partial charge >= 0.3 is 0 Å². The van der Waals surface area contributed by atoms with Crippen LogP contribution < -0.4 is 5.32 Å². The first-order chi connectivity index (χ1) is 9.17. The number of fused-ring (bicyclic) bond motifs is 1. The Morgan fingerprint density at radius 1 is 1.05 bits per heavy atom. The van der Waals surface area contributed by atoms with Gasteiger partial charge in [-0.15, -0.1) is 0 Å². The van der Waals surface area contributed by atoms with Crippen molar-refractivity contribution in [2.24, 2.45) is 0 Å². The number of rotatable bonds is 5. The summed E-state index contributed by atoms with van der Waals surface area (Å²) in [7, 11) is 0. The van der Waals surface area contributed by atoms with Crippen molar-refractivity contribution in [1.82, 2.24) is 4.98 Å². The predicted molar refractivity (Wildman–Crippen MR) is 84.0 cm³/mol. The maximum absolute atomic E-state index is 4.85. The highest BCUT2D eigenvalue weighted by Gasteiger charge is 2.09. The SMILES string of the molecule is CCCNc1cc(CCC)nc2c(C)ccc(C)c12. The smallest absolute Gasteiger partial charge is 0.0757 e. The zero-order valence-electron chi connectivity index (χ0n) is 12.5. The molecule has 1 aromatic heterocycles. The normalized spacial score (nSPS) is 10.9. The molecule has 102 valence electrons. The highest BCUT2D eigenvalue weighted by atomic mass is 14.9. The number of benzene rings is 1. The van der Waals surface area contributed by atoms with Gasteiger partial charge in [0.25, 0.3) is 0 Å². The van der Waals surface area contributed by atoms with E-state index < -0.39 is 0 Å². The van der Waals surface area contributed by atoms with Crippen LogP contribution in [0.2, 0.25) is 0 Å². The van der Waals surface area contributed by atoms with E-state index in [0.717, 1.165) is 31.3 Å². The summed E-state index contributed by atoms with van der Waals surface area (Å²) in [4.78, 5) is 4.85. The monoisotopic (exact) mass is 256 g/mol. The second kappa shape index (κ2) is 6.05. The average molecular weight is 256 g/mol. The van der Waals surface area contributed by atoms with E-state index in [4.69, 9.17) is 4.98 Å². The zero-order chi connectivity index (χ0) is 13.8. The highest BCUT2D eigenvalue weighted by Crippen LogP contribution is 2.29. The Labute approximate surface area is 116 Å². The molecular weight excluding hydrogens is 232 g/mol. The lowest BCUT2D eigenvalue weighted by molar-refractivity contribution is 0.888. The van der Waals surface area contributed by atoms with Crippen LogP contribution >= 0.6 is 0 Å². The van der Waals surface area contributed by atoms with Gasteiger partial charge in [0.05, 0.1) is 5.52 Å². The van der Waals surface area contributed by atoms with Crippen LogP contribution in [0.15, 0.2) is 18.2 Å². The number of hydrogen-bond acceptors (Lipinski definition) is 2. The zero-order valence-corrected chi connectivity index (χ0v) is 12.5. The van der Waals surface area contributed by atoms with Gasteiger partial charge in [0.2, 0.25) is 0 Å². The van der Waals surface area contributed by atoms with Crippen molar-refractivity contribution in [3.63, 3.8) is 0 Å². The Hall–Kier alpha value is -1.57. The fourth-order valence-electron chi connectivity index (χ4n) is 2.48. The summed E-state index contributed by atoms with van der Waals surface area (Å²) in [6, 6.07) is 6.59. The molecule has 0 amide bonds. The van der Waals surface area contributed by atoms with Gasteiger partial charge in [-0.05, 0) is 43.9 Å². The fourth-order valence-corrected chi connectivity index (χ4v) is 2.48. The summed E-state index contributed by atoms with van der Waals surface area (Å²) >= 11 is 0. The Morgan fingerprint density at radius 2 is 1.79 bits per heavy atom. The molecule has 2 aromatic rings. The molecule has 0 bridgehead atoms. The molecule has 0 unspecified atom stereocenters. The number of hydrogen-bond donors (Lipinski definition) is 1. The molecule has 1 heterocycles. The minimum Gasteiger partial charge on any atom is -0.384 e. The van der Waals surface area contributed by atoms with Crippen molar-refractivity contribution < 1.29 is 0 Å². The van der Waals surface area contributed by atoms with Gasteiger partial charge in [-0.2, -0.15) is 0 Å². The second-order valence-corrected chi connectivity index (χ2v) is 5.26. The van der Waals surface area contributed by atoms with Gasteiger partial charge in [0.1, 0.15) is 0 Å². The number of pyridine rings is 1. The molecular formula is C17H24N2. The van der Waals surface area contributed by atoms with Gasteiger partial charge < -0.3 is 5.32 Å². The summed E-state index contributed by atoms with van der Waals surface area (Å²) in [5.74, 6) is 0. The average Bonchev–Trinajstić information content (AvgIpc) is 2.40. The largest absolute Gasteiger partial charge is 0.384 e. The summed E-state index contributed by atoms with van der Waals surface area (Å²) in [5, 5.41) is 4.85. The molecule has 0 aliphatic carbocycles. The lowest BCUT2D eigenvalue weighted by Crippen LogP contribution is -2.04. The first-order valence-corrected chi connectivity index (χ1v) is 7.31. The van der Waals surface area contributed by atoms with Crippen LogP contribution in [0.3, 0.4) is 0 Å². The van der Waals surface area contributed by atoms with Gasteiger partial charge in [-0.25, -0.2) is 0 Å². The molecule has 0 spiro atoms. The summed E-state index contributed by atoms with van der Waals surface area (Å²) < 4.78 is 0. The Morgan fingerprint density at radius 3 is 2.47 bits per heavy atom. The maximum Gasteiger partial charge on any atom is 0.0757 e. The van der Waals surface area contributed by atoms with Gasteiger partial charge in [-0.3, -0.25) is 4.98 Å². The molecule has 2 nitrogen and oxygen atoms in total. The number of nitrogens with one attached hydrogen (secondary N) is 1. The van der Waals surface area contributed by atoms with Crippen LogP contribution in [0.5, 0.6) is 0 Å². The van der Waals surface area contributed by atoms with Crippen molar-refractivity contribution in [3.05, 3.63) is 35.0 Å². The third kappa shape index (κ3) is 2.89. The minimum atomic E-state index is 1.01. The van der Waals surface area contributed by atoms with Crippen LogP contribution in [0, 0.1) is 13.8 Å². The maximum atomic E-state index is 4.85. The lowest BCUT2D eigenvalue weighted by atomic mass is 10.0. The summed E-state index contributed by atoms with van der Waals surface area (Å²) in [6.45, 7) is 9.72. The van der Waals surface area contributed by atoms with Gasteiger partial charge in [0.15, 0.2) is 0 Å². The molecule has 0 radical (unpaired) electrons. The van der Waals surface area contributed by atoms with E-state index in [1.807, 2.05) is 0 Å². The van der Waals surface area contributed by atoms with Gasteiger partial charge in [0, 0.05) is 23.3 Å². The van der Waals surface area contributed by atoms with E-state index in [9.17, 15) is 0 Å². The first-order valence-electron chi connectivity index (χ1n) is 7.31. The van der Waals surface area contributed by atoms with Crippen LogP contribution in [0.1, 0.15) is 43.5 Å². The number of aromatic nitrogens is 1. The third-order valence-electron chi connectivity index (χ3n) is 3.50. The van der Waals surface area contributed by atoms with Crippen LogP contribution in [0.4, 0.5) is 5.69 Å². The molecule has 19 heavy (non-hydrogen) atoms. The van der Waals surface area contributed by atoms with Crippen LogP contribution in [-0.4, -0.2) is 11.5 Å². The molecule has 0 saturated carbocycles. The fraction of sp³-hybridized carbons (Fsp3) is 0.471. The highest BCUT2D eigenvalue weighted by molar-refractivity contribution is 5.96. The summed E-state index contributed by atoms with van der Waals surface area (Å²) in [6.07, 6.45) is 3.32. The molecule has 0 atom stereocenters. The molecule has 1 N–H and O–H groups in total. The second-order valence-electron chi connectivity index (χ2n) is 5.26. The quantitative estimate of drug-likeness (QED) is 0.844. The van der Waals surface area contributed by atoms with E-state index in [2.05, 4.69) is 51.2 Å². The Kier molecular flexibility index (Phi) is 4.41. The molecule has 1 aromatic carbocycles. The van der Waals surface area contributed by atoms with Gasteiger partial charge in [-0.1, -0.05) is 32.4 Å². The number of nitrogens with zero attached hydrogens (tertiary/aromatic N) is 1. The lowest BCUT2D eigenvalue weighted by Gasteiger charge is -2.14. The van der Waals surface area contributed by atoms with Crippen LogP contribution in [0.25, 0.3) is 10.9 Å². The number of anilines is 1. The number of aryl methyl sites for hydroxylation is 3. The third-order valence-corrected chi connectivity index (χ3v) is 3.50. The standard InChI is InChI=1S/C17H24N2/c1-5-7-14-11-15(18-10-6-2)16-12(3)8-9-13(4)17(16)19-14/h8-9,11H,5-7,10H2,1-4H3,(H,18,19). The molecule has 0 aliphatic heterocycles. The van der Waals surface area contributed by atoms with Crippen molar-refractivity contribution in [3.8, 4) is 0 Å². The van der Waals surface area contributed by atoms with Crippen LogP contribution in [-0.2, 0) is 6.42 Å². The first kappa shape index (κ1) is 13.9. The minimum absolute atomic E-state index is 1.01. The van der Waals surface area contributed by atoms with E-state index >= 15 is 0 Å². The molecule has 2 heteroatoms. The van der Waals surface area contributed by atoms with Crippen molar-refractivity contribution in [1.29, 1.82) is 0 Å². The van der Waals surface area contributed by atoms with E-state index in [1.165, 1.54) is 27.9 Å². The van der Waals surface area contributed by atoms with Crippen molar-refractivity contribution in [2.75, 3.05) is 11.9 Å². The van der Waals surface area contributed by atoms with Crippen molar-refractivity contribution >= 4 is 16.6 Å². The topological polar surface area (TPSA) is 24.9 Å².